The molecule has 0 radical (unpaired) electrons. The number of aryl methyl sites for hydroxylation is 1. The van der Waals surface area contributed by atoms with E-state index in [4.69, 9.17) is 16.3 Å². The number of benzene rings is 2. The van der Waals surface area contributed by atoms with Crippen LogP contribution in [-0.4, -0.2) is 33.7 Å². The third kappa shape index (κ3) is 3.77. The normalized spacial score (nSPS) is 14.2. The van der Waals surface area contributed by atoms with E-state index in [0.29, 0.717) is 17.0 Å². The predicted octanol–water partition coefficient (Wildman–Crippen LogP) is 2.85. The topological polar surface area (TPSA) is 63.7 Å². The maximum Gasteiger partial charge on any atom is 0.330 e. The van der Waals surface area contributed by atoms with Gasteiger partial charge in [-0.25, -0.2) is 17.6 Å². The zero-order valence-corrected chi connectivity index (χ0v) is 14.9. The van der Waals surface area contributed by atoms with E-state index in [1.54, 1.807) is 11.9 Å². The number of carbonyl (C=O) groups is 1. The molecular formula is C17H15ClFNO4S. The predicted molar refractivity (Wildman–Crippen MR) is 92.5 cm³/mol. The highest BCUT2D eigenvalue weighted by atomic mass is 35.5. The van der Waals surface area contributed by atoms with Gasteiger partial charge >= 0.3 is 5.97 Å². The van der Waals surface area contributed by atoms with Crippen LogP contribution in [0.1, 0.15) is 5.56 Å². The summed E-state index contributed by atoms with van der Waals surface area (Å²) in [6.45, 7) is 0.0601. The highest BCUT2D eigenvalue weighted by Gasteiger charge is 2.24. The Morgan fingerprint density at radius 2 is 2.00 bits per heavy atom. The van der Waals surface area contributed by atoms with Gasteiger partial charge in [0, 0.05) is 7.05 Å². The fourth-order valence-electron chi connectivity index (χ4n) is 2.57. The number of hydrogen-bond acceptors (Lipinski definition) is 5. The minimum atomic E-state index is -3.56. The molecule has 0 N–H and O–H groups in total. The molecule has 8 heteroatoms. The Morgan fingerprint density at radius 3 is 2.72 bits per heavy atom. The van der Waals surface area contributed by atoms with E-state index in [1.165, 1.54) is 36.4 Å². The summed E-state index contributed by atoms with van der Waals surface area (Å²) < 4.78 is 43.4. The van der Waals surface area contributed by atoms with E-state index in [0.717, 1.165) is 0 Å². The van der Waals surface area contributed by atoms with Crippen LogP contribution in [0.3, 0.4) is 0 Å². The fourth-order valence-corrected chi connectivity index (χ4v) is 4.08. The van der Waals surface area contributed by atoms with Crippen molar-refractivity contribution in [2.75, 3.05) is 24.2 Å². The summed E-state index contributed by atoms with van der Waals surface area (Å²) in [5.41, 5.74) is 1.18. The lowest BCUT2D eigenvalue weighted by molar-refractivity contribution is -0.133. The van der Waals surface area contributed by atoms with Crippen LogP contribution in [0.4, 0.5) is 10.1 Å². The third-order valence-electron chi connectivity index (χ3n) is 3.93. The van der Waals surface area contributed by atoms with Crippen LogP contribution >= 0.6 is 11.6 Å². The highest BCUT2D eigenvalue weighted by Crippen LogP contribution is 2.33. The van der Waals surface area contributed by atoms with Crippen molar-refractivity contribution in [3.05, 3.63) is 52.8 Å². The Hall–Kier alpha value is -2.12. The summed E-state index contributed by atoms with van der Waals surface area (Å²) in [7, 11) is -1.87. The molecule has 0 bridgehead atoms. The number of halogens is 2. The molecule has 3 rings (SSSR count). The first-order valence-electron chi connectivity index (χ1n) is 7.49. The van der Waals surface area contributed by atoms with Crippen molar-refractivity contribution < 1.29 is 22.3 Å². The number of hydrogen-bond donors (Lipinski definition) is 0. The standard InChI is InChI=1S/C17H15ClFNO4S/c1-20-10-17(21)24-16-5-3-12(9-15(16)20)25(22,23)7-6-11-2-4-14(19)13(18)8-11/h2-5,8-9H,6-7,10H2,1H3. The molecule has 2 aromatic rings. The first-order chi connectivity index (χ1) is 11.8. The van der Waals surface area contributed by atoms with E-state index in [9.17, 15) is 17.6 Å². The number of fused-ring (bicyclic) bond motifs is 1. The Balaban J connectivity index is 1.81. The van der Waals surface area contributed by atoms with Crippen molar-refractivity contribution >= 4 is 33.1 Å². The number of nitrogens with zero attached hydrogens (tertiary/aromatic N) is 1. The smallest absolute Gasteiger partial charge is 0.330 e. The molecule has 25 heavy (non-hydrogen) atoms. The molecule has 0 fully saturated rings. The third-order valence-corrected chi connectivity index (χ3v) is 5.94. The van der Waals surface area contributed by atoms with Gasteiger partial charge in [-0.05, 0) is 42.3 Å². The summed E-state index contributed by atoms with van der Waals surface area (Å²) in [4.78, 5) is 13.2. The summed E-state index contributed by atoms with van der Waals surface area (Å²) in [5, 5.41) is -0.0351. The van der Waals surface area contributed by atoms with Gasteiger partial charge in [0.2, 0.25) is 0 Å². The molecule has 1 aliphatic heterocycles. The number of carbonyl (C=O) groups excluding carboxylic acids is 1. The molecule has 0 aromatic heterocycles. The van der Waals surface area contributed by atoms with Crippen molar-refractivity contribution in [1.29, 1.82) is 0 Å². The molecule has 0 aliphatic carbocycles. The average molecular weight is 384 g/mol. The largest absolute Gasteiger partial charge is 0.423 e. The lowest BCUT2D eigenvalue weighted by Crippen LogP contribution is -2.33. The monoisotopic (exact) mass is 383 g/mol. The zero-order valence-electron chi connectivity index (χ0n) is 13.3. The summed E-state index contributed by atoms with van der Waals surface area (Å²) in [6.07, 6.45) is 0.213. The van der Waals surface area contributed by atoms with E-state index >= 15 is 0 Å². The number of sulfone groups is 1. The summed E-state index contributed by atoms with van der Waals surface area (Å²) >= 11 is 5.72. The Bertz CT molecular complexity index is 946. The number of esters is 1. The quantitative estimate of drug-likeness (QED) is 0.600. The molecule has 1 heterocycles. The van der Waals surface area contributed by atoms with Crippen LogP contribution in [0.2, 0.25) is 5.02 Å². The number of likely N-dealkylation sites (N-methyl/N-ethyl adjacent to an activating group) is 1. The molecule has 0 saturated heterocycles. The van der Waals surface area contributed by atoms with Gasteiger partial charge in [0.1, 0.15) is 12.4 Å². The summed E-state index contributed by atoms with van der Waals surface area (Å²) in [6, 6.07) is 8.54. The van der Waals surface area contributed by atoms with Crippen molar-refractivity contribution in [3.8, 4) is 5.75 Å². The van der Waals surface area contributed by atoms with Crippen molar-refractivity contribution in [3.63, 3.8) is 0 Å². The molecule has 0 atom stereocenters. The lowest BCUT2D eigenvalue weighted by Gasteiger charge is -2.26. The number of anilines is 1. The molecule has 2 aromatic carbocycles. The van der Waals surface area contributed by atoms with Crippen LogP contribution in [0.25, 0.3) is 0 Å². The van der Waals surface area contributed by atoms with Crippen LogP contribution in [0.5, 0.6) is 5.75 Å². The van der Waals surface area contributed by atoms with Gasteiger partial charge in [-0.2, -0.15) is 0 Å². The van der Waals surface area contributed by atoms with Crippen LogP contribution in [-0.2, 0) is 21.1 Å². The van der Waals surface area contributed by atoms with Gasteiger partial charge in [-0.1, -0.05) is 17.7 Å². The van der Waals surface area contributed by atoms with Gasteiger partial charge in [0.15, 0.2) is 15.6 Å². The molecule has 0 saturated carbocycles. The Kier molecular flexibility index (Phi) is 4.71. The van der Waals surface area contributed by atoms with Crippen LogP contribution in [0, 0.1) is 5.82 Å². The first kappa shape index (κ1) is 17.7. The van der Waals surface area contributed by atoms with E-state index in [2.05, 4.69) is 0 Å². The number of ether oxygens (including phenoxy) is 1. The second kappa shape index (κ2) is 6.65. The SMILES string of the molecule is CN1CC(=O)Oc2ccc(S(=O)(=O)CCc3ccc(F)c(Cl)c3)cc21. The highest BCUT2D eigenvalue weighted by molar-refractivity contribution is 7.91. The van der Waals surface area contributed by atoms with E-state index < -0.39 is 21.6 Å². The van der Waals surface area contributed by atoms with Crippen molar-refractivity contribution in [2.24, 2.45) is 0 Å². The maximum absolute atomic E-state index is 13.2. The summed E-state index contributed by atoms with van der Waals surface area (Å²) in [5.74, 6) is -0.737. The van der Waals surface area contributed by atoms with Gasteiger partial charge in [0.05, 0.1) is 21.4 Å². The maximum atomic E-state index is 13.2. The minimum Gasteiger partial charge on any atom is -0.423 e. The van der Waals surface area contributed by atoms with Crippen LogP contribution < -0.4 is 9.64 Å². The molecule has 0 spiro atoms. The van der Waals surface area contributed by atoms with Crippen molar-refractivity contribution in [1.82, 2.24) is 0 Å². The molecule has 1 aliphatic rings. The minimum absolute atomic E-state index is 0.0351. The molecule has 5 nitrogen and oxygen atoms in total. The average Bonchev–Trinajstić information content (AvgIpc) is 2.55. The lowest BCUT2D eigenvalue weighted by atomic mass is 10.2. The van der Waals surface area contributed by atoms with E-state index in [1.807, 2.05) is 0 Å². The van der Waals surface area contributed by atoms with E-state index in [-0.39, 0.29) is 28.6 Å². The molecule has 0 amide bonds. The molecule has 0 unspecified atom stereocenters. The van der Waals surface area contributed by atoms with Crippen LogP contribution in [0.15, 0.2) is 41.3 Å². The molecule has 132 valence electrons. The van der Waals surface area contributed by atoms with Gasteiger partial charge in [-0.15, -0.1) is 0 Å². The Labute approximate surface area is 149 Å². The first-order valence-corrected chi connectivity index (χ1v) is 9.52. The second-order valence-corrected chi connectivity index (χ2v) is 8.29. The van der Waals surface area contributed by atoms with Crippen molar-refractivity contribution in [2.45, 2.75) is 11.3 Å². The zero-order chi connectivity index (χ0) is 18.2. The number of rotatable bonds is 4. The van der Waals surface area contributed by atoms with Gasteiger partial charge in [0.25, 0.3) is 0 Å². The Morgan fingerprint density at radius 1 is 1.24 bits per heavy atom. The second-order valence-electron chi connectivity index (χ2n) is 5.78. The fraction of sp³-hybridized carbons (Fsp3) is 0.235. The van der Waals surface area contributed by atoms with Gasteiger partial charge < -0.3 is 9.64 Å². The van der Waals surface area contributed by atoms with Gasteiger partial charge in [-0.3, -0.25) is 0 Å². The molecular weight excluding hydrogens is 369 g/mol.